The Bertz CT molecular complexity index is 537. The van der Waals surface area contributed by atoms with Crippen molar-refractivity contribution < 1.29 is 27.8 Å². The summed E-state index contributed by atoms with van der Waals surface area (Å²) in [5.41, 5.74) is -1.85. The van der Waals surface area contributed by atoms with E-state index in [1.807, 2.05) is 0 Å². The first-order valence-corrected chi connectivity index (χ1v) is 6.82. The van der Waals surface area contributed by atoms with Crippen molar-refractivity contribution in [2.24, 2.45) is 0 Å². The number of hydrogen-bond donors (Lipinski definition) is 1. The molecule has 1 saturated carbocycles. The minimum absolute atomic E-state index is 0.0208. The third-order valence-corrected chi connectivity index (χ3v) is 4.15. The van der Waals surface area contributed by atoms with Crippen LogP contribution in [-0.4, -0.2) is 18.2 Å². The van der Waals surface area contributed by atoms with E-state index < -0.39 is 29.2 Å². The predicted molar refractivity (Wildman–Crippen MR) is 70.3 cm³/mol. The smallest absolute Gasteiger partial charge is 0.314 e. The quantitative estimate of drug-likeness (QED) is 0.912. The predicted octanol–water partition coefficient (Wildman–Crippen LogP) is 4.06. The lowest BCUT2D eigenvalue weighted by molar-refractivity contribution is -0.145. The van der Waals surface area contributed by atoms with Crippen molar-refractivity contribution in [2.75, 3.05) is 7.11 Å². The zero-order valence-corrected chi connectivity index (χ0v) is 11.7. The summed E-state index contributed by atoms with van der Waals surface area (Å²) in [6.45, 7) is 0. The molecule has 0 unspecified atom stereocenters. The van der Waals surface area contributed by atoms with E-state index in [0.29, 0.717) is 31.7 Å². The normalized spacial score (nSPS) is 17.8. The van der Waals surface area contributed by atoms with Gasteiger partial charge in [-0.1, -0.05) is 19.3 Å². The Morgan fingerprint density at radius 2 is 1.90 bits per heavy atom. The Labute approximate surface area is 120 Å². The molecular weight excluding hydrogens is 285 g/mol. The molecule has 1 aliphatic rings. The van der Waals surface area contributed by atoms with Crippen LogP contribution in [0.5, 0.6) is 5.75 Å². The summed E-state index contributed by atoms with van der Waals surface area (Å²) < 4.78 is 44.8. The molecule has 0 spiro atoms. The molecule has 0 saturated heterocycles. The van der Waals surface area contributed by atoms with Crippen LogP contribution in [-0.2, 0) is 10.2 Å². The SMILES string of the molecule is COc1c(F)cc(C(F)F)cc1C1(C(=O)O)CCCCC1. The van der Waals surface area contributed by atoms with Crippen molar-refractivity contribution in [1.29, 1.82) is 0 Å². The Morgan fingerprint density at radius 1 is 1.29 bits per heavy atom. The van der Waals surface area contributed by atoms with Gasteiger partial charge in [0.05, 0.1) is 12.5 Å². The Hall–Kier alpha value is -1.72. The molecule has 3 nitrogen and oxygen atoms in total. The lowest BCUT2D eigenvalue weighted by Crippen LogP contribution is -2.38. The molecular formula is C15H17F3O3. The van der Waals surface area contributed by atoms with Crippen LogP contribution in [0.1, 0.15) is 49.7 Å². The van der Waals surface area contributed by atoms with Crippen molar-refractivity contribution in [1.82, 2.24) is 0 Å². The molecule has 2 rings (SSSR count). The molecule has 21 heavy (non-hydrogen) atoms. The average molecular weight is 302 g/mol. The van der Waals surface area contributed by atoms with Crippen LogP contribution >= 0.6 is 0 Å². The monoisotopic (exact) mass is 302 g/mol. The second kappa shape index (κ2) is 5.95. The molecule has 1 fully saturated rings. The van der Waals surface area contributed by atoms with Gasteiger partial charge < -0.3 is 9.84 Å². The number of methoxy groups -OCH3 is 1. The number of rotatable bonds is 4. The number of aliphatic carboxylic acids is 1. The van der Waals surface area contributed by atoms with E-state index >= 15 is 0 Å². The first-order chi connectivity index (χ1) is 9.92. The molecule has 0 bridgehead atoms. The number of alkyl halides is 2. The molecule has 1 N–H and O–H groups in total. The van der Waals surface area contributed by atoms with Gasteiger partial charge in [-0.3, -0.25) is 4.79 Å². The molecule has 6 heteroatoms. The molecule has 0 heterocycles. The van der Waals surface area contributed by atoms with Crippen molar-refractivity contribution in [2.45, 2.75) is 43.9 Å². The number of carboxylic acid groups (broad SMARTS) is 1. The van der Waals surface area contributed by atoms with Crippen LogP contribution in [0.15, 0.2) is 12.1 Å². The number of halogens is 3. The fourth-order valence-electron chi connectivity index (χ4n) is 3.06. The van der Waals surface area contributed by atoms with Crippen LogP contribution < -0.4 is 4.74 Å². The maximum atomic E-state index is 14.0. The lowest BCUT2D eigenvalue weighted by atomic mass is 9.69. The molecule has 116 valence electrons. The third-order valence-electron chi connectivity index (χ3n) is 4.15. The topological polar surface area (TPSA) is 46.5 Å². The lowest BCUT2D eigenvalue weighted by Gasteiger charge is -2.35. The average Bonchev–Trinajstić information content (AvgIpc) is 2.46. The minimum atomic E-state index is -2.86. The first-order valence-electron chi connectivity index (χ1n) is 6.82. The van der Waals surface area contributed by atoms with Crippen molar-refractivity contribution in [3.8, 4) is 5.75 Å². The van der Waals surface area contributed by atoms with Crippen molar-refractivity contribution >= 4 is 5.97 Å². The van der Waals surface area contributed by atoms with E-state index in [0.717, 1.165) is 12.5 Å². The summed E-state index contributed by atoms with van der Waals surface area (Å²) in [4.78, 5) is 11.8. The van der Waals surface area contributed by atoms with E-state index in [9.17, 15) is 23.1 Å². The highest BCUT2D eigenvalue weighted by Gasteiger charge is 2.44. The van der Waals surface area contributed by atoms with Crippen LogP contribution in [0.2, 0.25) is 0 Å². The molecule has 1 aliphatic carbocycles. The fourth-order valence-corrected chi connectivity index (χ4v) is 3.06. The molecule has 0 atom stereocenters. The maximum Gasteiger partial charge on any atom is 0.314 e. The molecule has 1 aromatic carbocycles. The van der Waals surface area contributed by atoms with Gasteiger partial charge in [0.1, 0.15) is 0 Å². The highest BCUT2D eigenvalue weighted by molar-refractivity contribution is 5.83. The van der Waals surface area contributed by atoms with E-state index in [4.69, 9.17) is 4.74 Å². The summed E-state index contributed by atoms with van der Waals surface area (Å²) >= 11 is 0. The van der Waals surface area contributed by atoms with E-state index in [1.165, 1.54) is 7.11 Å². The van der Waals surface area contributed by atoms with Gasteiger partial charge in [0, 0.05) is 11.1 Å². The van der Waals surface area contributed by atoms with Crippen molar-refractivity contribution in [3.05, 3.63) is 29.1 Å². The number of hydrogen-bond acceptors (Lipinski definition) is 2. The second-order valence-electron chi connectivity index (χ2n) is 5.33. The van der Waals surface area contributed by atoms with Gasteiger partial charge in [-0.05, 0) is 25.0 Å². The number of carboxylic acids is 1. The summed E-state index contributed by atoms with van der Waals surface area (Å²) in [5.74, 6) is -2.31. The Balaban J connectivity index is 2.65. The van der Waals surface area contributed by atoms with Crippen LogP contribution in [0.4, 0.5) is 13.2 Å². The van der Waals surface area contributed by atoms with Gasteiger partial charge in [0.15, 0.2) is 11.6 Å². The van der Waals surface area contributed by atoms with Gasteiger partial charge in [-0.25, -0.2) is 13.2 Å². The fraction of sp³-hybridized carbons (Fsp3) is 0.533. The van der Waals surface area contributed by atoms with Gasteiger partial charge in [0.25, 0.3) is 6.43 Å². The Kier molecular flexibility index (Phi) is 4.44. The summed E-state index contributed by atoms with van der Waals surface area (Å²) in [6.07, 6.45) is -0.0609. The van der Waals surface area contributed by atoms with Gasteiger partial charge in [0.2, 0.25) is 0 Å². The van der Waals surface area contributed by atoms with E-state index in [-0.39, 0.29) is 11.3 Å². The number of benzene rings is 1. The molecule has 1 aromatic rings. The summed E-state index contributed by atoms with van der Waals surface area (Å²) in [6, 6.07) is 1.78. The van der Waals surface area contributed by atoms with E-state index in [1.54, 1.807) is 0 Å². The van der Waals surface area contributed by atoms with Gasteiger partial charge in [-0.2, -0.15) is 0 Å². The summed E-state index contributed by atoms with van der Waals surface area (Å²) in [5, 5.41) is 9.62. The maximum absolute atomic E-state index is 14.0. The third kappa shape index (κ3) is 2.71. The highest BCUT2D eigenvalue weighted by atomic mass is 19.3. The number of ether oxygens (including phenoxy) is 1. The first kappa shape index (κ1) is 15.7. The minimum Gasteiger partial charge on any atom is -0.493 e. The Morgan fingerprint density at radius 3 is 2.38 bits per heavy atom. The van der Waals surface area contributed by atoms with Gasteiger partial charge in [-0.15, -0.1) is 0 Å². The van der Waals surface area contributed by atoms with Crippen LogP contribution in [0.25, 0.3) is 0 Å². The zero-order valence-electron chi connectivity index (χ0n) is 11.7. The molecule has 0 radical (unpaired) electrons. The zero-order chi connectivity index (χ0) is 15.6. The number of carbonyl (C=O) groups is 1. The molecule has 0 amide bonds. The van der Waals surface area contributed by atoms with E-state index in [2.05, 4.69) is 0 Å². The van der Waals surface area contributed by atoms with Crippen LogP contribution in [0, 0.1) is 5.82 Å². The van der Waals surface area contributed by atoms with Crippen LogP contribution in [0.3, 0.4) is 0 Å². The standard InChI is InChI=1S/C15H17F3O3/c1-21-12-10(7-9(13(17)18)8-11(12)16)15(14(19)20)5-3-2-4-6-15/h7-8,13H,2-6H2,1H3,(H,19,20). The van der Waals surface area contributed by atoms with Gasteiger partial charge >= 0.3 is 5.97 Å². The molecule has 0 aromatic heterocycles. The largest absolute Gasteiger partial charge is 0.493 e. The second-order valence-corrected chi connectivity index (χ2v) is 5.33. The molecule has 0 aliphatic heterocycles. The van der Waals surface area contributed by atoms with Crippen molar-refractivity contribution in [3.63, 3.8) is 0 Å². The summed E-state index contributed by atoms with van der Waals surface area (Å²) in [7, 11) is 1.21. The highest BCUT2D eigenvalue weighted by Crippen LogP contribution is 2.45.